The first-order valence-electron chi connectivity index (χ1n) is 7.56. The lowest BCUT2D eigenvalue weighted by atomic mass is 10.2. The molecule has 1 aliphatic heterocycles. The van der Waals surface area contributed by atoms with Crippen LogP contribution < -0.4 is 15.8 Å². The molecule has 0 aliphatic carbocycles. The molecular formula is C16H19FN4O2. The Morgan fingerprint density at radius 1 is 1.39 bits per heavy atom. The molecule has 2 aromatic rings. The maximum Gasteiger partial charge on any atom is 0.149 e. The molecule has 2 heterocycles. The number of halogens is 1. The average Bonchev–Trinajstić information content (AvgIpc) is 3.05. The van der Waals surface area contributed by atoms with Crippen LogP contribution in [-0.2, 0) is 11.3 Å². The van der Waals surface area contributed by atoms with Crippen LogP contribution in [0.1, 0.15) is 18.7 Å². The molecule has 7 heteroatoms. The highest BCUT2D eigenvalue weighted by atomic mass is 19.1. The number of aromatic nitrogens is 2. The topological polar surface area (TPSA) is 82.3 Å². The van der Waals surface area contributed by atoms with Crippen LogP contribution >= 0.6 is 0 Å². The summed E-state index contributed by atoms with van der Waals surface area (Å²) in [5.74, 6) is 1.15. The summed E-state index contributed by atoms with van der Waals surface area (Å²) in [5.41, 5.74) is 6.17. The van der Waals surface area contributed by atoms with Gasteiger partial charge in [-0.3, -0.25) is 0 Å². The summed E-state index contributed by atoms with van der Waals surface area (Å²) in [7, 11) is 0. The van der Waals surface area contributed by atoms with Crippen molar-refractivity contribution in [2.45, 2.75) is 25.5 Å². The number of nitrogen functional groups attached to an aromatic ring is 1. The first-order valence-corrected chi connectivity index (χ1v) is 7.56. The van der Waals surface area contributed by atoms with E-state index >= 15 is 0 Å². The number of nitrogens with zero attached hydrogens (tertiary/aromatic N) is 2. The van der Waals surface area contributed by atoms with Gasteiger partial charge in [-0.1, -0.05) is 0 Å². The van der Waals surface area contributed by atoms with Crippen LogP contribution in [-0.4, -0.2) is 29.3 Å². The van der Waals surface area contributed by atoms with Gasteiger partial charge in [-0.05, 0) is 31.0 Å². The molecule has 3 N–H and O–H groups in total. The van der Waals surface area contributed by atoms with Crippen molar-refractivity contribution in [2.75, 3.05) is 24.3 Å². The summed E-state index contributed by atoms with van der Waals surface area (Å²) in [6.07, 6.45) is 3.72. The van der Waals surface area contributed by atoms with Crippen LogP contribution in [0.25, 0.3) is 0 Å². The number of nitrogens with two attached hydrogens (primary N) is 1. The van der Waals surface area contributed by atoms with Crippen LogP contribution in [0.15, 0.2) is 30.5 Å². The molecule has 0 bridgehead atoms. The molecule has 1 fully saturated rings. The largest absolute Gasteiger partial charge is 0.489 e. The summed E-state index contributed by atoms with van der Waals surface area (Å²) < 4.78 is 24.8. The lowest BCUT2D eigenvalue weighted by molar-refractivity contribution is 0.0682. The molecule has 0 radical (unpaired) electrons. The van der Waals surface area contributed by atoms with Gasteiger partial charge < -0.3 is 20.5 Å². The van der Waals surface area contributed by atoms with E-state index in [1.807, 2.05) is 0 Å². The second-order valence-electron chi connectivity index (χ2n) is 5.34. The number of anilines is 2. The van der Waals surface area contributed by atoms with Crippen molar-refractivity contribution in [3.05, 3.63) is 42.1 Å². The Bertz CT molecular complexity index is 662. The Morgan fingerprint density at radius 3 is 3.09 bits per heavy atom. The minimum Gasteiger partial charge on any atom is -0.489 e. The van der Waals surface area contributed by atoms with Crippen molar-refractivity contribution in [3.63, 3.8) is 0 Å². The van der Waals surface area contributed by atoms with Gasteiger partial charge in [0.05, 0.1) is 18.3 Å². The summed E-state index contributed by atoms with van der Waals surface area (Å²) in [6.45, 7) is 1.55. The Balaban J connectivity index is 1.65. The summed E-state index contributed by atoms with van der Waals surface area (Å²) in [6, 6.07) is 5.97. The molecule has 3 rings (SSSR count). The average molecular weight is 318 g/mol. The van der Waals surface area contributed by atoms with Crippen LogP contribution in [0, 0.1) is 5.82 Å². The van der Waals surface area contributed by atoms with Crippen molar-refractivity contribution in [1.29, 1.82) is 0 Å². The SMILES string of the molecule is Nc1ccnc(CNc2cc(F)ccc2OC[C@@H]2CCCO2)n1. The van der Waals surface area contributed by atoms with E-state index < -0.39 is 0 Å². The lowest BCUT2D eigenvalue weighted by Gasteiger charge is -2.15. The summed E-state index contributed by atoms with van der Waals surface area (Å²) >= 11 is 0. The third-order valence-corrected chi connectivity index (χ3v) is 3.55. The van der Waals surface area contributed by atoms with Crippen molar-refractivity contribution in [2.24, 2.45) is 0 Å². The van der Waals surface area contributed by atoms with E-state index in [2.05, 4.69) is 15.3 Å². The van der Waals surface area contributed by atoms with E-state index in [4.69, 9.17) is 15.2 Å². The smallest absolute Gasteiger partial charge is 0.149 e. The molecule has 0 spiro atoms. The zero-order chi connectivity index (χ0) is 16.1. The molecule has 1 atom stereocenters. The normalized spacial score (nSPS) is 17.2. The second kappa shape index (κ2) is 7.23. The molecule has 6 nitrogen and oxygen atoms in total. The zero-order valence-electron chi connectivity index (χ0n) is 12.7. The predicted molar refractivity (Wildman–Crippen MR) is 84.6 cm³/mol. The van der Waals surface area contributed by atoms with E-state index in [1.54, 1.807) is 18.3 Å². The van der Waals surface area contributed by atoms with Crippen molar-refractivity contribution in [1.82, 2.24) is 9.97 Å². The quantitative estimate of drug-likeness (QED) is 0.851. The van der Waals surface area contributed by atoms with Gasteiger partial charge in [0.2, 0.25) is 0 Å². The maximum absolute atomic E-state index is 13.5. The third-order valence-electron chi connectivity index (χ3n) is 3.55. The van der Waals surface area contributed by atoms with Crippen LogP contribution in [0.3, 0.4) is 0 Å². The number of hydrogen-bond donors (Lipinski definition) is 2. The Morgan fingerprint density at radius 2 is 2.30 bits per heavy atom. The van der Waals surface area contributed by atoms with Gasteiger partial charge in [-0.2, -0.15) is 0 Å². The zero-order valence-corrected chi connectivity index (χ0v) is 12.7. The van der Waals surface area contributed by atoms with Gasteiger partial charge >= 0.3 is 0 Å². The van der Waals surface area contributed by atoms with Crippen molar-refractivity contribution >= 4 is 11.5 Å². The van der Waals surface area contributed by atoms with E-state index in [0.29, 0.717) is 36.2 Å². The minimum absolute atomic E-state index is 0.102. The molecule has 1 aliphatic rings. The first kappa shape index (κ1) is 15.5. The summed E-state index contributed by atoms with van der Waals surface area (Å²) in [4.78, 5) is 8.21. The van der Waals surface area contributed by atoms with E-state index in [0.717, 1.165) is 19.4 Å². The maximum atomic E-state index is 13.5. The van der Waals surface area contributed by atoms with Crippen LogP contribution in [0.2, 0.25) is 0 Å². The van der Waals surface area contributed by atoms with Gasteiger partial charge in [0, 0.05) is 18.9 Å². The highest BCUT2D eigenvalue weighted by Crippen LogP contribution is 2.27. The number of benzene rings is 1. The number of rotatable bonds is 6. The fourth-order valence-corrected chi connectivity index (χ4v) is 2.40. The van der Waals surface area contributed by atoms with Crippen LogP contribution in [0.5, 0.6) is 5.75 Å². The fraction of sp³-hybridized carbons (Fsp3) is 0.375. The molecular weight excluding hydrogens is 299 g/mol. The van der Waals surface area contributed by atoms with Crippen molar-refractivity contribution < 1.29 is 13.9 Å². The van der Waals surface area contributed by atoms with Gasteiger partial charge in [0.1, 0.15) is 29.8 Å². The van der Waals surface area contributed by atoms with Gasteiger partial charge in [-0.15, -0.1) is 0 Å². The Labute approximate surface area is 133 Å². The van der Waals surface area contributed by atoms with Gasteiger partial charge in [0.25, 0.3) is 0 Å². The minimum atomic E-state index is -0.342. The number of ether oxygens (including phenoxy) is 2. The van der Waals surface area contributed by atoms with E-state index in [1.165, 1.54) is 12.1 Å². The molecule has 0 amide bonds. The van der Waals surface area contributed by atoms with E-state index in [9.17, 15) is 4.39 Å². The summed E-state index contributed by atoms with van der Waals surface area (Å²) in [5, 5.41) is 3.09. The first-order chi connectivity index (χ1) is 11.2. The number of nitrogens with one attached hydrogen (secondary N) is 1. The van der Waals surface area contributed by atoms with Crippen LogP contribution in [0.4, 0.5) is 15.9 Å². The second-order valence-corrected chi connectivity index (χ2v) is 5.34. The van der Waals surface area contributed by atoms with E-state index in [-0.39, 0.29) is 11.9 Å². The van der Waals surface area contributed by atoms with Gasteiger partial charge in [-0.25, -0.2) is 14.4 Å². The number of hydrogen-bond acceptors (Lipinski definition) is 6. The Kier molecular flexibility index (Phi) is 4.87. The lowest BCUT2D eigenvalue weighted by Crippen LogP contribution is -2.17. The van der Waals surface area contributed by atoms with Crippen molar-refractivity contribution in [3.8, 4) is 5.75 Å². The molecule has 0 saturated carbocycles. The highest BCUT2D eigenvalue weighted by Gasteiger charge is 2.17. The molecule has 1 aromatic carbocycles. The Hall–Kier alpha value is -2.41. The molecule has 1 aromatic heterocycles. The van der Waals surface area contributed by atoms with Gasteiger partial charge in [0.15, 0.2) is 0 Å². The fourth-order valence-electron chi connectivity index (χ4n) is 2.40. The molecule has 0 unspecified atom stereocenters. The third kappa shape index (κ3) is 4.29. The molecule has 122 valence electrons. The monoisotopic (exact) mass is 318 g/mol. The predicted octanol–water partition coefficient (Wildman–Crippen LogP) is 2.37. The molecule has 23 heavy (non-hydrogen) atoms. The standard InChI is InChI=1S/C16H19FN4O2/c17-11-3-4-14(23-10-12-2-1-7-22-12)13(8-11)20-9-16-19-6-5-15(18)21-16/h3-6,8,12,20H,1-2,7,9-10H2,(H2,18,19,21)/t12-/m0/s1. The highest BCUT2D eigenvalue weighted by molar-refractivity contribution is 5.56. The molecule has 1 saturated heterocycles.